The molecule has 1 aromatic rings. The number of amidine groups is 1. The summed E-state index contributed by atoms with van der Waals surface area (Å²) in [6.07, 6.45) is 1.04. The van der Waals surface area contributed by atoms with Crippen LogP contribution in [0.2, 0.25) is 0 Å². The van der Waals surface area contributed by atoms with Crippen molar-refractivity contribution in [3.8, 4) is 0 Å². The van der Waals surface area contributed by atoms with Gasteiger partial charge in [-0.05, 0) is 11.1 Å². The van der Waals surface area contributed by atoms with Gasteiger partial charge in [-0.1, -0.05) is 43.0 Å². The van der Waals surface area contributed by atoms with Gasteiger partial charge in [-0.3, -0.25) is 10.2 Å². The van der Waals surface area contributed by atoms with Crippen LogP contribution < -0.4 is 5.73 Å². The lowest BCUT2D eigenvalue weighted by Gasteiger charge is -2.07. The predicted octanol–water partition coefficient (Wildman–Crippen LogP) is 2.33. The van der Waals surface area contributed by atoms with E-state index in [1.165, 1.54) is 11.8 Å². The Hall–Kier alpha value is -1.29. The number of hydrogen-bond acceptors (Lipinski definition) is 3. The van der Waals surface area contributed by atoms with Gasteiger partial charge < -0.3 is 5.73 Å². The van der Waals surface area contributed by atoms with Crippen LogP contribution in [0.15, 0.2) is 24.3 Å². The van der Waals surface area contributed by atoms with E-state index >= 15 is 0 Å². The van der Waals surface area contributed by atoms with Crippen LogP contribution in [-0.2, 0) is 17.0 Å². The van der Waals surface area contributed by atoms with Gasteiger partial charge in [-0.2, -0.15) is 0 Å². The van der Waals surface area contributed by atoms with Crippen molar-refractivity contribution in [3.05, 3.63) is 35.4 Å². The molecule has 0 aliphatic rings. The Morgan fingerprint density at radius 3 is 2.56 bits per heavy atom. The number of ketones is 1. The van der Waals surface area contributed by atoms with Crippen molar-refractivity contribution >= 4 is 22.7 Å². The van der Waals surface area contributed by atoms with Crippen LogP contribution in [0.4, 0.5) is 0 Å². The van der Waals surface area contributed by atoms with E-state index in [4.69, 9.17) is 11.1 Å². The molecule has 0 bridgehead atoms. The largest absolute Gasteiger partial charge is 0.379 e. The summed E-state index contributed by atoms with van der Waals surface area (Å²) in [5.41, 5.74) is 7.43. The summed E-state index contributed by atoms with van der Waals surface area (Å²) in [4.78, 5) is 11.4. The fourth-order valence-corrected chi connectivity index (χ4v) is 1.96. The second-order valence-corrected chi connectivity index (χ2v) is 4.51. The lowest BCUT2D eigenvalue weighted by Crippen LogP contribution is -2.06. The van der Waals surface area contributed by atoms with E-state index in [1.807, 2.05) is 31.2 Å². The van der Waals surface area contributed by atoms with Crippen LogP contribution >= 0.6 is 11.8 Å². The molecule has 0 atom stereocenters. The quantitative estimate of drug-likeness (QED) is 0.609. The van der Waals surface area contributed by atoms with Crippen LogP contribution in [0.1, 0.15) is 24.5 Å². The highest BCUT2D eigenvalue weighted by Crippen LogP contribution is 2.17. The zero-order chi connectivity index (χ0) is 12.0. The van der Waals surface area contributed by atoms with Crippen LogP contribution in [0.25, 0.3) is 0 Å². The minimum Gasteiger partial charge on any atom is -0.379 e. The first kappa shape index (κ1) is 12.8. The average molecular weight is 236 g/mol. The summed E-state index contributed by atoms with van der Waals surface area (Å²) in [6.45, 7) is 1.87. The van der Waals surface area contributed by atoms with Gasteiger partial charge in [0.2, 0.25) is 0 Å². The average Bonchev–Trinajstić information content (AvgIpc) is 2.27. The van der Waals surface area contributed by atoms with Crippen molar-refractivity contribution in [1.82, 2.24) is 0 Å². The highest BCUT2D eigenvalue weighted by Gasteiger charge is 2.06. The summed E-state index contributed by atoms with van der Waals surface area (Å²) >= 11 is 1.28. The Labute approximate surface area is 99.9 Å². The van der Waals surface area contributed by atoms with Crippen molar-refractivity contribution in [2.24, 2.45) is 5.73 Å². The molecule has 4 heteroatoms. The number of nitrogens with one attached hydrogen (secondary N) is 1. The molecular formula is C12H16N2OS. The molecule has 3 nitrogen and oxygen atoms in total. The van der Waals surface area contributed by atoms with Gasteiger partial charge in [0.05, 0.1) is 0 Å². The van der Waals surface area contributed by atoms with Gasteiger partial charge in [0, 0.05) is 18.6 Å². The molecule has 0 aliphatic carbocycles. The predicted molar refractivity (Wildman–Crippen MR) is 68.7 cm³/mol. The molecule has 86 valence electrons. The van der Waals surface area contributed by atoms with E-state index in [0.29, 0.717) is 18.6 Å². The summed E-state index contributed by atoms with van der Waals surface area (Å²) < 4.78 is 0. The number of Topliss-reactive ketones (excluding diaryl/α,β-unsaturated/α-hetero) is 1. The van der Waals surface area contributed by atoms with Gasteiger partial charge >= 0.3 is 0 Å². The number of carbonyl (C=O) groups excluding carboxylic acids is 1. The van der Waals surface area contributed by atoms with E-state index in [9.17, 15) is 4.79 Å². The van der Waals surface area contributed by atoms with Gasteiger partial charge in [-0.15, -0.1) is 0 Å². The Morgan fingerprint density at radius 2 is 2.00 bits per heavy atom. The summed E-state index contributed by atoms with van der Waals surface area (Å²) in [5, 5.41) is 7.27. The maximum atomic E-state index is 11.4. The number of thioether (sulfide) groups is 1. The molecule has 0 unspecified atom stereocenters. The number of benzene rings is 1. The highest BCUT2D eigenvalue weighted by molar-refractivity contribution is 8.13. The highest BCUT2D eigenvalue weighted by atomic mass is 32.2. The smallest absolute Gasteiger partial charge is 0.151 e. The van der Waals surface area contributed by atoms with Crippen molar-refractivity contribution in [1.29, 1.82) is 5.41 Å². The Morgan fingerprint density at radius 1 is 1.38 bits per heavy atom. The van der Waals surface area contributed by atoms with Gasteiger partial charge in [0.25, 0.3) is 0 Å². The summed E-state index contributed by atoms with van der Waals surface area (Å²) in [5.74, 6) is 0.892. The molecule has 0 aliphatic heterocycles. The molecule has 0 saturated heterocycles. The van der Waals surface area contributed by atoms with Crippen molar-refractivity contribution in [2.75, 3.05) is 0 Å². The minimum absolute atomic E-state index is 0.108. The molecule has 0 spiro atoms. The molecule has 0 saturated carbocycles. The summed E-state index contributed by atoms with van der Waals surface area (Å²) in [7, 11) is 0. The SMILES string of the molecule is CCC(=O)Cc1ccccc1CSC(=N)N. The lowest BCUT2D eigenvalue weighted by atomic mass is 10.0. The fourth-order valence-electron chi connectivity index (χ4n) is 1.36. The Bertz CT molecular complexity index is 390. The van der Waals surface area contributed by atoms with Crippen molar-refractivity contribution in [2.45, 2.75) is 25.5 Å². The first-order valence-corrected chi connectivity index (χ1v) is 6.17. The number of hydrogen-bond donors (Lipinski definition) is 2. The molecule has 0 amide bonds. The topological polar surface area (TPSA) is 66.9 Å². The fraction of sp³-hybridized carbons (Fsp3) is 0.333. The molecule has 0 fully saturated rings. The standard InChI is InChI=1S/C12H16N2OS/c1-2-11(15)7-9-5-3-4-6-10(9)8-16-12(13)14/h3-6H,2,7-8H2,1H3,(H3,13,14). The maximum absolute atomic E-state index is 11.4. The van der Waals surface area contributed by atoms with Crippen LogP contribution in [-0.4, -0.2) is 11.0 Å². The molecule has 1 aromatic carbocycles. The number of carbonyl (C=O) groups is 1. The van der Waals surface area contributed by atoms with E-state index in [0.717, 1.165) is 11.1 Å². The third-order valence-corrected chi connectivity index (χ3v) is 3.05. The molecule has 16 heavy (non-hydrogen) atoms. The molecule has 0 aromatic heterocycles. The van der Waals surface area contributed by atoms with E-state index in [2.05, 4.69) is 0 Å². The molecule has 0 heterocycles. The number of rotatable bonds is 5. The molecular weight excluding hydrogens is 220 g/mol. The normalized spacial score (nSPS) is 10.1. The van der Waals surface area contributed by atoms with Crippen molar-refractivity contribution in [3.63, 3.8) is 0 Å². The lowest BCUT2D eigenvalue weighted by molar-refractivity contribution is -0.118. The van der Waals surface area contributed by atoms with Crippen molar-refractivity contribution < 1.29 is 4.79 Å². The second kappa shape index (κ2) is 6.33. The summed E-state index contributed by atoms with van der Waals surface area (Å²) in [6, 6.07) is 7.81. The van der Waals surface area contributed by atoms with E-state index < -0.39 is 0 Å². The first-order chi connectivity index (χ1) is 7.63. The second-order valence-electron chi connectivity index (χ2n) is 3.49. The molecule has 3 N–H and O–H groups in total. The Balaban J connectivity index is 2.74. The van der Waals surface area contributed by atoms with Crippen LogP contribution in [0, 0.1) is 5.41 Å². The van der Waals surface area contributed by atoms with Crippen LogP contribution in [0.5, 0.6) is 0 Å². The van der Waals surface area contributed by atoms with E-state index in [1.54, 1.807) is 0 Å². The monoisotopic (exact) mass is 236 g/mol. The zero-order valence-electron chi connectivity index (χ0n) is 9.32. The van der Waals surface area contributed by atoms with Gasteiger partial charge in [-0.25, -0.2) is 0 Å². The molecule has 0 radical (unpaired) electrons. The van der Waals surface area contributed by atoms with Crippen LogP contribution in [0.3, 0.4) is 0 Å². The first-order valence-electron chi connectivity index (χ1n) is 5.18. The molecule has 1 rings (SSSR count). The third kappa shape index (κ3) is 4.06. The van der Waals surface area contributed by atoms with Gasteiger partial charge in [0.15, 0.2) is 5.17 Å². The number of nitrogens with two attached hydrogens (primary N) is 1. The zero-order valence-corrected chi connectivity index (χ0v) is 10.1. The van der Waals surface area contributed by atoms with E-state index in [-0.39, 0.29) is 11.0 Å². The van der Waals surface area contributed by atoms with Gasteiger partial charge in [0.1, 0.15) is 5.78 Å². The third-order valence-electron chi connectivity index (χ3n) is 2.28. The minimum atomic E-state index is 0.108. The maximum Gasteiger partial charge on any atom is 0.151 e. The Kier molecular flexibility index (Phi) is 5.05.